The molecule has 0 saturated heterocycles. The zero-order chi connectivity index (χ0) is 8.97. The van der Waals surface area contributed by atoms with Crippen LogP contribution in [0.1, 0.15) is 13.8 Å². The number of hydrogen-bond acceptors (Lipinski definition) is 3. The van der Waals surface area contributed by atoms with Gasteiger partial charge in [0.05, 0.1) is 0 Å². The Morgan fingerprint density at radius 2 is 2.50 bits per heavy atom. The summed E-state index contributed by atoms with van der Waals surface area (Å²) in [7, 11) is 0. The molecule has 4 nitrogen and oxygen atoms in total. The maximum Gasteiger partial charge on any atom is 0.202 e. The average molecular weight is 168 g/mol. The van der Waals surface area contributed by atoms with Gasteiger partial charge in [0.1, 0.15) is 0 Å². The molecule has 68 valence electrons. The van der Waals surface area contributed by atoms with E-state index in [9.17, 15) is 0 Å². The minimum absolute atomic E-state index is 0.159. The van der Waals surface area contributed by atoms with E-state index in [1.54, 1.807) is 6.20 Å². The smallest absolute Gasteiger partial charge is 0.202 e. The van der Waals surface area contributed by atoms with E-state index in [1.165, 1.54) is 0 Å². The summed E-state index contributed by atoms with van der Waals surface area (Å²) >= 11 is 0. The fraction of sp³-hybridized carbons (Fsp3) is 0.625. The third-order valence-corrected chi connectivity index (χ3v) is 1.64. The fourth-order valence-electron chi connectivity index (χ4n) is 0.984. The predicted molar refractivity (Wildman–Crippen MR) is 50.0 cm³/mol. The van der Waals surface area contributed by atoms with Gasteiger partial charge >= 0.3 is 0 Å². The molecule has 0 aliphatic heterocycles. The first-order chi connectivity index (χ1) is 5.74. The van der Waals surface area contributed by atoms with Gasteiger partial charge in [0, 0.05) is 31.5 Å². The van der Waals surface area contributed by atoms with Crippen LogP contribution in [-0.2, 0) is 6.54 Å². The van der Waals surface area contributed by atoms with E-state index in [2.05, 4.69) is 17.2 Å². The topological polar surface area (TPSA) is 55.9 Å². The SMILES string of the molecule is CCn1ccnc1NCC(C)N. The van der Waals surface area contributed by atoms with E-state index in [1.807, 2.05) is 17.7 Å². The molecule has 1 aromatic heterocycles. The summed E-state index contributed by atoms with van der Waals surface area (Å²) in [5, 5.41) is 3.17. The molecule has 0 radical (unpaired) electrons. The van der Waals surface area contributed by atoms with Crippen molar-refractivity contribution in [3.05, 3.63) is 12.4 Å². The Morgan fingerprint density at radius 3 is 3.08 bits per heavy atom. The number of nitrogens with one attached hydrogen (secondary N) is 1. The van der Waals surface area contributed by atoms with E-state index in [0.29, 0.717) is 0 Å². The van der Waals surface area contributed by atoms with Crippen LogP contribution in [0, 0.1) is 0 Å². The number of imidazole rings is 1. The highest BCUT2D eigenvalue weighted by molar-refractivity contribution is 5.25. The van der Waals surface area contributed by atoms with Crippen molar-refractivity contribution in [3.8, 4) is 0 Å². The lowest BCUT2D eigenvalue weighted by Gasteiger charge is -2.09. The van der Waals surface area contributed by atoms with Gasteiger partial charge in [-0.05, 0) is 13.8 Å². The molecule has 0 aliphatic rings. The minimum atomic E-state index is 0.159. The highest BCUT2D eigenvalue weighted by Gasteiger charge is 2.00. The Morgan fingerprint density at radius 1 is 1.75 bits per heavy atom. The molecule has 0 fully saturated rings. The van der Waals surface area contributed by atoms with Crippen molar-refractivity contribution in [3.63, 3.8) is 0 Å². The summed E-state index contributed by atoms with van der Waals surface area (Å²) in [6.07, 6.45) is 3.73. The molecule has 0 spiro atoms. The van der Waals surface area contributed by atoms with Crippen LogP contribution in [0.5, 0.6) is 0 Å². The van der Waals surface area contributed by atoms with Crippen molar-refractivity contribution in [2.45, 2.75) is 26.4 Å². The van der Waals surface area contributed by atoms with E-state index < -0.39 is 0 Å². The van der Waals surface area contributed by atoms with Crippen molar-refractivity contribution in [1.29, 1.82) is 0 Å². The molecule has 0 saturated carbocycles. The van der Waals surface area contributed by atoms with Gasteiger partial charge in [0.15, 0.2) is 0 Å². The summed E-state index contributed by atoms with van der Waals surface area (Å²) in [6.45, 7) is 5.74. The average Bonchev–Trinajstić information content (AvgIpc) is 2.47. The maximum atomic E-state index is 5.60. The summed E-state index contributed by atoms with van der Waals surface area (Å²) < 4.78 is 2.04. The first-order valence-electron chi connectivity index (χ1n) is 4.24. The van der Waals surface area contributed by atoms with Crippen molar-refractivity contribution < 1.29 is 0 Å². The van der Waals surface area contributed by atoms with E-state index in [0.717, 1.165) is 19.0 Å². The number of rotatable bonds is 4. The van der Waals surface area contributed by atoms with Crippen LogP contribution in [-0.4, -0.2) is 22.1 Å². The molecule has 1 rings (SSSR count). The molecular formula is C8H16N4. The third-order valence-electron chi connectivity index (χ3n) is 1.64. The summed E-state index contributed by atoms with van der Waals surface area (Å²) in [5.41, 5.74) is 5.60. The third kappa shape index (κ3) is 2.23. The van der Waals surface area contributed by atoms with E-state index in [-0.39, 0.29) is 6.04 Å². The van der Waals surface area contributed by atoms with Crippen molar-refractivity contribution in [1.82, 2.24) is 9.55 Å². The van der Waals surface area contributed by atoms with Crippen LogP contribution in [0.4, 0.5) is 5.95 Å². The first kappa shape index (κ1) is 9.06. The largest absolute Gasteiger partial charge is 0.354 e. The molecule has 1 aromatic rings. The first-order valence-corrected chi connectivity index (χ1v) is 4.24. The van der Waals surface area contributed by atoms with Crippen LogP contribution in [0.15, 0.2) is 12.4 Å². The van der Waals surface area contributed by atoms with Crippen LogP contribution < -0.4 is 11.1 Å². The van der Waals surface area contributed by atoms with Gasteiger partial charge in [-0.3, -0.25) is 0 Å². The molecule has 4 heteroatoms. The van der Waals surface area contributed by atoms with Gasteiger partial charge in [-0.2, -0.15) is 0 Å². The number of aromatic nitrogens is 2. The molecule has 1 atom stereocenters. The second-order valence-corrected chi connectivity index (χ2v) is 2.90. The number of aryl methyl sites for hydroxylation is 1. The standard InChI is InChI=1S/C8H16N4/c1-3-12-5-4-10-8(12)11-6-7(2)9/h4-5,7H,3,6,9H2,1-2H3,(H,10,11). The zero-order valence-electron chi connectivity index (χ0n) is 7.62. The molecule has 0 bridgehead atoms. The lowest BCUT2D eigenvalue weighted by molar-refractivity contribution is 0.734. The van der Waals surface area contributed by atoms with Crippen molar-refractivity contribution in [2.75, 3.05) is 11.9 Å². The molecule has 1 heterocycles. The normalized spacial score (nSPS) is 12.9. The van der Waals surface area contributed by atoms with Gasteiger partial charge in [-0.1, -0.05) is 0 Å². The number of anilines is 1. The van der Waals surface area contributed by atoms with Gasteiger partial charge in [0.25, 0.3) is 0 Å². The molecule has 0 amide bonds. The van der Waals surface area contributed by atoms with Crippen LogP contribution in [0.25, 0.3) is 0 Å². The van der Waals surface area contributed by atoms with Gasteiger partial charge in [0.2, 0.25) is 5.95 Å². The van der Waals surface area contributed by atoms with Crippen molar-refractivity contribution >= 4 is 5.95 Å². The second-order valence-electron chi connectivity index (χ2n) is 2.90. The number of nitrogens with two attached hydrogens (primary N) is 1. The van der Waals surface area contributed by atoms with Gasteiger partial charge in [-0.15, -0.1) is 0 Å². The minimum Gasteiger partial charge on any atom is -0.354 e. The molecule has 1 unspecified atom stereocenters. The maximum absolute atomic E-state index is 5.60. The van der Waals surface area contributed by atoms with Crippen LogP contribution in [0.2, 0.25) is 0 Å². The molecular weight excluding hydrogens is 152 g/mol. The Hall–Kier alpha value is -1.03. The van der Waals surface area contributed by atoms with E-state index in [4.69, 9.17) is 5.73 Å². The summed E-state index contributed by atoms with van der Waals surface area (Å²) in [6, 6.07) is 0.159. The molecule has 12 heavy (non-hydrogen) atoms. The quantitative estimate of drug-likeness (QED) is 0.694. The lowest BCUT2D eigenvalue weighted by Crippen LogP contribution is -2.26. The summed E-state index contributed by atoms with van der Waals surface area (Å²) in [5.74, 6) is 0.898. The Bertz CT molecular complexity index is 229. The number of hydrogen-bond donors (Lipinski definition) is 2. The highest BCUT2D eigenvalue weighted by Crippen LogP contribution is 2.02. The predicted octanol–water partition coefficient (Wildman–Crippen LogP) is 0.662. The van der Waals surface area contributed by atoms with Gasteiger partial charge in [-0.25, -0.2) is 4.98 Å². The van der Waals surface area contributed by atoms with Gasteiger partial charge < -0.3 is 15.6 Å². The van der Waals surface area contributed by atoms with Crippen LogP contribution in [0.3, 0.4) is 0 Å². The molecule has 0 aliphatic carbocycles. The fourth-order valence-corrected chi connectivity index (χ4v) is 0.984. The monoisotopic (exact) mass is 168 g/mol. The Balaban J connectivity index is 2.50. The van der Waals surface area contributed by atoms with Crippen molar-refractivity contribution in [2.24, 2.45) is 5.73 Å². The zero-order valence-corrected chi connectivity index (χ0v) is 7.62. The molecule has 3 N–H and O–H groups in total. The molecule has 0 aromatic carbocycles. The van der Waals surface area contributed by atoms with Crippen LogP contribution >= 0.6 is 0 Å². The summed E-state index contributed by atoms with van der Waals surface area (Å²) in [4.78, 5) is 4.16. The second kappa shape index (κ2) is 4.11. The highest BCUT2D eigenvalue weighted by atomic mass is 15.2. The van der Waals surface area contributed by atoms with E-state index >= 15 is 0 Å². The number of nitrogens with zero attached hydrogens (tertiary/aromatic N) is 2. The lowest BCUT2D eigenvalue weighted by atomic mass is 10.4. The Labute approximate surface area is 72.8 Å². The Kier molecular flexibility index (Phi) is 3.10.